The molecule has 0 saturated heterocycles. The van der Waals surface area contributed by atoms with E-state index < -0.39 is 5.97 Å². The molecular weight excluding hydrogens is 266 g/mol. The zero-order chi connectivity index (χ0) is 14.7. The molecule has 0 unspecified atom stereocenters. The van der Waals surface area contributed by atoms with Crippen molar-refractivity contribution in [3.63, 3.8) is 0 Å². The number of benzene rings is 1. The minimum atomic E-state index is -0.877. The molecule has 0 atom stereocenters. The Morgan fingerprint density at radius 1 is 1.14 bits per heavy atom. The summed E-state index contributed by atoms with van der Waals surface area (Å²) in [6.07, 6.45) is 5.05. The Labute approximate surface area is 121 Å². The van der Waals surface area contributed by atoms with E-state index >= 15 is 0 Å². The fraction of sp³-hybridized carbons (Fsp3) is 0.0625. The molecule has 3 aromatic rings. The number of hydrogen-bond acceptors (Lipinski definition) is 3. The molecule has 0 bridgehead atoms. The summed E-state index contributed by atoms with van der Waals surface area (Å²) in [5.41, 5.74) is 3.06. The second kappa shape index (κ2) is 5.58. The van der Waals surface area contributed by atoms with E-state index in [9.17, 15) is 4.79 Å². The highest BCUT2D eigenvalue weighted by atomic mass is 16.4. The van der Waals surface area contributed by atoms with Gasteiger partial charge in [0.05, 0.1) is 24.0 Å². The molecule has 21 heavy (non-hydrogen) atoms. The maximum Gasteiger partial charge on any atom is 0.307 e. The minimum absolute atomic E-state index is 0.0650. The van der Waals surface area contributed by atoms with Crippen LogP contribution in [-0.4, -0.2) is 25.8 Å². The molecular formula is C16H13N3O2. The van der Waals surface area contributed by atoms with Crippen molar-refractivity contribution in [2.24, 2.45) is 0 Å². The molecule has 0 aliphatic rings. The second-order valence-corrected chi connectivity index (χ2v) is 4.60. The second-order valence-electron chi connectivity index (χ2n) is 4.60. The third kappa shape index (κ3) is 2.81. The van der Waals surface area contributed by atoms with Gasteiger partial charge in [-0.25, -0.2) is 4.68 Å². The Hall–Kier alpha value is -2.95. The Kier molecular flexibility index (Phi) is 3.47. The molecule has 5 heteroatoms. The van der Waals surface area contributed by atoms with Crippen molar-refractivity contribution >= 4 is 5.97 Å². The lowest BCUT2D eigenvalue weighted by Crippen LogP contribution is -2.00. The Balaban J connectivity index is 2.10. The third-order valence-corrected chi connectivity index (χ3v) is 3.09. The van der Waals surface area contributed by atoms with Crippen LogP contribution in [0.15, 0.2) is 61.1 Å². The SMILES string of the molecule is O=C(O)Cc1cn(-c2cccnc2)nc1-c1ccccc1. The third-order valence-electron chi connectivity index (χ3n) is 3.09. The van der Waals surface area contributed by atoms with E-state index in [-0.39, 0.29) is 6.42 Å². The van der Waals surface area contributed by atoms with Crippen LogP contribution in [0, 0.1) is 0 Å². The van der Waals surface area contributed by atoms with E-state index in [1.165, 1.54) is 0 Å². The van der Waals surface area contributed by atoms with E-state index in [0.29, 0.717) is 11.3 Å². The zero-order valence-electron chi connectivity index (χ0n) is 11.2. The summed E-state index contributed by atoms with van der Waals surface area (Å²) < 4.78 is 1.66. The lowest BCUT2D eigenvalue weighted by Gasteiger charge is -2.00. The maximum absolute atomic E-state index is 11.0. The lowest BCUT2D eigenvalue weighted by molar-refractivity contribution is -0.136. The topological polar surface area (TPSA) is 68.0 Å². The molecule has 1 aromatic carbocycles. The fourth-order valence-electron chi connectivity index (χ4n) is 2.16. The van der Waals surface area contributed by atoms with Gasteiger partial charge in [0.25, 0.3) is 0 Å². The molecule has 2 aromatic heterocycles. The van der Waals surface area contributed by atoms with Crippen LogP contribution in [-0.2, 0) is 11.2 Å². The van der Waals surface area contributed by atoms with E-state index in [1.807, 2.05) is 42.5 Å². The average Bonchev–Trinajstić information content (AvgIpc) is 2.92. The molecule has 3 rings (SSSR count). The van der Waals surface area contributed by atoms with Gasteiger partial charge in [0, 0.05) is 23.5 Å². The largest absolute Gasteiger partial charge is 0.481 e. The van der Waals surface area contributed by atoms with Gasteiger partial charge in [-0.2, -0.15) is 5.10 Å². The smallest absolute Gasteiger partial charge is 0.307 e. The fourth-order valence-corrected chi connectivity index (χ4v) is 2.16. The number of hydrogen-bond donors (Lipinski definition) is 1. The van der Waals surface area contributed by atoms with Crippen LogP contribution in [0.3, 0.4) is 0 Å². The van der Waals surface area contributed by atoms with Crippen molar-refractivity contribution in [1.29, 1.82) is 0 Å². The van der Waals surface area contributed by atoms with Gasteiger partial charge < -0.3 is 5.11 Å². The van der Waals surface area contributed by atoms with Gasteiger partial charge in [0.1, 0.15) is 0 Å². The first-order valence-electron chi connectivity index (χ1n) is 6.50. The van der Waals surface area contributed by atoms with Crippen LogP contribution in [0.25, 0.3) is 16.9 Å². The zero-order valence-corrected chi connectivity index (χ0v) is 11.2. The summed E-state index contributed by atoms with van der Waals surface area (Å²) in [6.45, 7) is 0. The van der Waals surface area contributed by atoms with Crippen molar-refractivity contribution in [3.05, 3.63) is 66.6 Å². The maximum atomic E-state index is 11.0. The highest BCUT2D eigenvalue weighted by Crippen LogP contribution is 2.23. The predicted molar refractivity (Wildman–Crippen MR) is 78.1 cm³/mol. The van der Waals surface area contributed by atoms with E-state index in [4.69, 9.17) is 5.11 Å². The first-order chi connectivity index (χ1) is 10.2. The number of nitrogens with zero attached hydrogens (tertiary/aromatic N) is 3. The van der Waals surface area contributed by atoms with Crippen molar-refractivity contribution in [1.82, 2.24) is 14.8 Å². The molecule has 0 aliphatic carbocycles. The minimum Gasteiger partial charge on any atom is -0.481 e. The molecule has 0 fully saturated rings. The molecule has 5 nitrogen and oxygen atoms in total. The van der Waals surface area contributed by atoms with E-state index in [1.54, 1.807) is 23.3 Å². The van der Waals surface area contributed by atoms with Crippen LogP contribution >= 0.6 is 0 Å². The van der Waals surface area contributed by atoms with Crippen molar-refractivity contribution in [3.8, 4) is 16.9 Å². The molecule has 0 radical (unpaired) electrons. The van der Waals surface area contributed by atoms with Crippen LogP contribution < -0.4 is 0 Å². The average molecular weight is 279 g/mol. The predicted octanol–water partition coefficient (Wildman–Crippen LogP) is 2.56. The van der Waals surface area contributed by atoms with Crippen LogP contribution in [0.4, 0.5) is 0 Å². The Morgan fingerprint density at radius 3 is 2.62 bits per heavy atom. The molecule has 104 valence electrons. The quantitative estimate of drug-likeness (QED) is 0.797. The van der Waals surface area contributed by atoms with Gasteiger partial charge in [0.15, 0.2) is 0 Å². The van der Waals surface area contributed by atoms with Gasteiger partial charge >= 0.3 is 5.97 Å². The highest BCUT2D eigenvalue weighted by Gasteiger charge is 2.14. The molecule has 0 aliphatic heterocycles. The molecule has 1 N–H and O–H groups in total. The van der Waals surface area contributed by atoms with Crippen molar-refractivity contribution < 1.29 is 9.90 Å². The van der Waals surface area contributed by atoms with Crippen LogP contribution in [0.2, 0.25) is 0 Å². The highest BCUT2D eigenvalue weighted by molar-refractivity contribution is 5.75. The monoisotopic (exact) mass is 279 g/mol. The summed E-state index contributed by atoms with van der Waals surface area (Å²) in [7, 11) is 0. The van der Waals surface area contributed by atoms with Gasteiger partial charge in [-0.1, -0.05) is 30.3 Å². The molecule has 0 saturated carbocycles. The van der Waals surface area contributed by atoms with Crippen molar-refractivity contribution in [2.45, 2.75) is 6.42 Å². The molecule has 0 amide bonds. The normalized spacial score (nSPS) is 10.5. The number of carbonyl (C=O) groups is 1. The van der Waals surface area contributed by atoms with Crippen LogP contribution in [0.5, 0.6) is 0 Å². The van der Waals surface area contributed by atoms with E-state index in [0.717, 1.165) is 11.3 Å². The summed E-state index contributed by atoms with van der Waals surface area (Å²) in [4.78, 5) is 15.1. The number of carboxylic acid groups (broad SMARTS) is 1. The van der Waals surface area contributed by atoms with Crippen molar-refractivity contribution in [2.75, 3.05) is 0 Å². The lowest BCUT2D eigenvalue weighted by atomic mass is 10.1. The van der Waals surface area contributed by atoms with Crippen LogP contribution in [0.1, 0.15) is 5.56 Å². The van der Waals surface area contributed by atoms with Gasteiger partial charge in [0.2, 0.25) is 0 Å². The first kappa shape index (κ1) is 13.1. The molecule has 2 heterocycles. The summed E-state index contributed by atoms with van der Waals surface area (Å²) in [6, 6.07) is 13.3. The summed E-state index contributed by atoms with van der Waals surface area (Å²) in [5.74, 6) is -0.877. The number of rotatable bonds is 4. The first-order valence-corrected chi connectivity index (χ1v) is 6.50. The van der Waals surface area contributed by atoms with Gasteiger partial charge in [-0.15, -0.1) is 0 Å². The number of aliphatic carboxylic acids is 1. The molecule has 0 spiro atoms. The summed E-state index contributed by atoms with van der Waals surface area (Å²) >= 11 is 0. The standard InChI is InChI=1S/C16H13N3O2/c20-15(21)9-13-11-19(14-7-4-8-17-10-14)18-16(13)12-5-2-1-3-6-12/h1-8,10-11H,9H2,(H,20,21). The van der Waals surface area contributed by atoms with E-state index in [2.05, 4.69) is 10.1 Å². The Morgan fingerprint density at radius 2 is 1.95 bits per heavy atom. The Bertz CT molecular complexity index is 752. The number of aromatic nitrogens is 3. The van der Waals surface area contributed by atoms with Gasteiger partial charge in [-0.05, 0) is 12.1 Å². The number of pyridine rings is 1. The van der Waals surface area contributed by atoms with Gasteiger partial charge in [-0.3, -0.25) is 9.78 Å². The summed E-state index contributed by atoms with van der Waals surface area (Å²) in [5, 5.41) is 13.6. The number of carboxylic acids is 1.